The summed E-state index contributed by atoms with van der Waals surface area (Å²) in [6.07, 6.45) is 0. The fourth-order valence-electron chi connectivity index (χ4n) is 1.14. The Labute approximate surface area is 105 Å². The number of ether oxygens (including phenoxy) is 3. The summed E-state index contributed by atoms with van der Waals surface area (Å²) in [5.74, 6) is 0. The molecule has 0 aromatic rings. The SMILES string of the molecule is CNCCOCCOCCOCCNC(C)C. The van der Waals surface area contributed by atoms with Crippen molar-refractivity contribution < 1.29 is 14.2 Å². The van der Waals surface area contributed by atoms with Gasteiger partial charge in [0.25, 0.3) is 0 Å². The zero-order valence-corrected chi connectivity index (χ0v) is 11.5. The van der Waals surface area contributed by atoms with E-state index in [1.165, 1.54) is 0 Å². The van der Waals surface area contributed by atoms with Crippen LogP contribution in [-0.2, 0) is 14.2 Å². The monoisotopic (exact) mass is 248 g/mol. The van der Waals surface area contributed by atoms with Gasteiger partial charge in [-0.05, 0) is 7.05 Å². The van der Waals surface area contributed by atoms with Crippen LogP contribution in [0.2, 0.25) is 0 Å². The second kappa shape index (κ2) is 13.9. The van der Waals surface area contributed by atoms with E-state index in [0.29, 0.717) is 32.5 Å². The van der Waals surface area contributed by atoms with Gasteiger partial charge in [-0.15, -0.1) is 0 Å². The Hall–Kier alpha value is -0.200. The fraction of sp³-hybridized carbons (Fsp3) is 1.00. The Morgan fingerprint density at radius 1 is 0.765 bits per heavy atom. The highest BCUT2D eigenvalue weighted by Crippen LogP contribution is 1.81. The van der Waals surface area contributed by atoms with Crippen molar-refractivity contribution in [3.05, 3.63) is 0 Å². The van der Waals surface area contributed by atoms with E-state index in [0.717, 1.165) is 26.3 Å². The van der Waals surface area contributed by atoms with Crippen molar-refractivity contribution in [2.75, 3.05) is 59.8 Å². The van der Waals surface area contributed by atoms with Crippen molar-refractivity contribution in [2.24, 2.45) is 0 Å². The summed E-state index contributed by atoms with van der Waals surface area (Å²) < 4.78 is 16.0. The molecule has 0 unspecified atom stereocenters. The Morgan fingerprint density at radius 3 is 1.71 bits per heavy atom. The first-order chi connectivity index (χ1) is 8.27. The topological polar surface area (TPSA) is 51.8 Å². The molecule has 2 N–H and O–H groups in total. The van der Waals surface area contributed by atoms with Crippen molar-refractivity contribution in [1.29, 1.82) is 0 Å². The predicted molar refractivity (Wildman–Crippen MR) is 69.5 cm³/mol. The molecule has 0 fully saturated rings. The summed E-state index contributed by atoms with van der Waals surface area (Å²) >= 11 is 0. The second-order valence-electron chi connectivity index (χ2n) is 4.05. The van der Waals surface area contributed by atoms with E-state index in [1.807, 2.05) is 7.05 Å². The van der Waals surface area contributed by atoms with Crippen LogP contribution in [0.25, 0.3) is 0 Å². The third-order valence-corrected chi connectivity index (χ3v) is 2.04. The molecular formula is C12H28N2O3. The van der Waals surface area contributed by atoms with Crippen LogP contribution in [0.5, 0.6) is 0 Å². The van der Waals surface area contributed by atoms with Gasteiger partial charge in [-0.25, -0.2) is 0 Å². The minimum atomic E-state index is 0.518. The molecule has 5 heteroatoms. The summed E-state index contributed by atoms with van der Waals surface area (Å²) in [6.45, 7) is 10.1. The number of nitrogens with one attached hydrogen (secondary N) is 2. The standard InChI is InChI=1S/C12H28N2O3/c1-12(2)14-5-7-16-9-11-17-10-8-15-6-4-13-3/h12-14H,4-11H2,1-3H3. The number of hydrogen-bond donors (Lipinski definition) is 2. The van der Waals surface area contributed by atoms with Crippen LogP contribution in [0.15, 0.2) is 0 Å². The maximum Gasteiger partial charge on any atom is 0.0701 e. The van der Waals surface area contributed by atoms with Crippen LogP contribution >= 0.6 is 0 Å². The smallest absolute Gasteiger partial charge is 0.0701 e. The summed E-state index contributed by atoms with van der Waals surface area (Å²) in [5, 5.41) is 6.30. The van der Waals surface area contributed by atoms with Crippen LogP contribution in [0.4, 0.5) is 0 Å². The third-order valence-electron chi connectivity index (χ3n) is 2.04. The van der Waals surface area contributed by atoms with Gasteiger partial charge in [0.1, 0.15) is 0 Å². The van der Waals surface area contributed by atoms with Crippen LogP contribution in [0, 0.1) is 0 Å². The van der Waals surface area contributed by atoms with Crippen LogP contribution in [0.1, 0.15) is 13.8 Å². The lowest BCUT2D eigenvalue weighted by Crippen LogP contribution is -2.27. The molecule has 0 rings (SSSR count). The van der Waals surface area contributed by atoms with Gasteiger partial charge in [-0.1, -0.05) is 13.8 Å². The molecule has 0 spiro atoms. The second-order valence-corrected chi connectivity index (χ2v) is 4.05. The summed E-state index contributed by atoms with van der Waals surface area (Å²) in [7, 11) is 1.91. The third kappa shape index (κ3) is 15.8. The molecule has 0 heterocycles. The summed E-state index contributed by atoms with van der Waals surface area (Å²) in [5.41, 5.74) is 0. The highest BCUT2D eigenvalue weighted by Gasteiger charge is 1.93. The molecular weight excluding hydrogens is 220 g/mol. The van der Waals surface area contributed by atoms with Gasteiger partial charge in [-0.2, -0.15) is 0 Å². The Morgan fingerprint density at radius 2 is 1.24 bits per heavy atom. The van der Waals surface area contributed by atoms with E-state index in [1.54, 1.807) is 0 Å². The molecule has 0 aromatic carbocycles. The maximum absolute atomic E-state index is 5.39. The van der Waals surface area contributed by atoms with Crippen molar-refractivity contribution in [3.8, 4) is 0 Å². The molecule has 0 radical (unpaired) electrons. The number of likely N-dealkylation sites (N-methyl/N-ethyl adjacent to an activating group) is 1. The zero-order valence-electron chi connectivity index (χ0n) is 11.5. The Kier molecular flexibility index (Phi) is 13.7. The van der Waals surface area contributed by atoms with E-state index in [4.69, 9.17) is 14.2 Å². The average molecular weight is 248 g/mol. The quantitative estimate of drug-likeness (QED) is 0.458. The Bertz CT molecular complexity index is 146. The van der Waals surface area contributed by atoms with Gasteiger partial charge in [0.2, 0.25) is 0 Å². The lowest BCUT2D eigenvalue weighted by atomic mass is 10.4. The molecule has 0 aliphatic carbocycles. The first-order valence-corrected chi connectivity index (χ1v) is 6.38. The zero-order chi connectivity index (χ0) is 12.8. The van der Waals surface area contributed by atoms with E-state index in [-0.39, 0.29) is 0 Å². The minimum Gasteiger partial charge on any atom is -0.378 e. The van der Waals surface area contributed by atoms with Crippen LogP contribution in [-0.4, -0.2) is 65.8 Å². The normalized spacial score (nSPS) is 11.3. The first-order valence-electron chi connectivity index (χ1n) is 6.38. The van der Waals surface area contributed by atoms with E-state index in [9.17, 15) is 0 Å². The van der Waals surface area contributed by atoms with Crippen molar-refractivity contribution in [2.45, 2.75) is 19.9 Å². The van der Waals surface area contributed by atoms with Crippen LogP contribution in [0.3, 0.4) is 0 Å². The van der Waals surface area contributed by atoms with Gasteiger partial charge in [0, 0.05) is 19.1 Å². The predicted octanol–water partition coefficient (Wildman–Crippen LogP) is 0.254. The molecule has 0 saturated heterocycles. The lowest BCUT2D eigenvalue weighted by Gasteiger charge is -2.09. The fourth-order valence-corrected chi connectivity index (χ4v) is 1.14. The molecule has 104 valence electrons. The highest BCUT2D eigenvalue weighted by molar-refractivity contribution is 4.50. The molecule has 5 nitrogen and oxygen atoms in total. The van der Waals surface area contributed by atoms with Crippen molar-refractivity contribution >= 4 is 0 Å². The molecule has 17 heavy (non-hydrogen) atoms. The van der Waals surface area contributed by atoms with Crippen molar-refractivity contribution in [1.82, 2.24) is 10.6 Å². The molecule has 0 bridgehead atoms. The van der Waals surface area contributed by atoms with Gasteiger partial charge >= 0.3 is 0 Å². The van der Waals surface area contributed by atoms with Gasteiger partial charge in [-0.3, -0.25) is 0 Å². The number of hydrogen-bond acceptors (Lipinski definition) is 5. The molecule has 0 aliphatic heterocycles. The first kappa shape index (κ1) is 16.8. The van der Waals surface area contributed by atoms with E-state index in [2.05, 4.69) is 24.5 Å². The molecule has 0 aliphatic rings. The lowest BCUT2D eigenvalue weighted by molar-refractivity contribution is 0.0157. The van der Waals surface area contributed by atoms with E-state index < -0.39 is 0 Å². The molecule has 0 aromatic heterocycles. The average Bonchev–Trinajstić information content (AvgIpc) is 2.30. The van der Waals surface area contributed by atoms with Gasteiger partial charge < -0.3 is 24.8 Å². The molecule has 0 saturated carbocycles. The minimum absolute atomic E-state index is 0.518. The molecule has 0 atom stereocenters. The largest absolute Gasteiger partial charge is 0.378 e. The molecule has 0 amide bonds. The Balaban J connectivity index is 2.89. The number of rotatable bonds is 13. The van der Waals surface area contributed by atoms with Crippen LogP contribution < -0.4 is 10.6 Å². The van der Waals surface area contributed by atoms with Crippen molar-refractivity contribution in [3.63, 3.8) is 0 Å². The summed E-state index contributed by atoms with van der Waals surface area (Å²) in [6, 6.07) is 0.518. The highest BCUT2D eigenvalue weighted by atomic mass is 16.5. The van der Waals surface area contributed by atoms with Gasteiger partial charge in [0.15, 0.2) is 0 Å². The van der Waals surface area contributed by atoms with Gasteiger partial charge in [0.05, 0.1) is 39.6 Å². The summed E-state index contributed by atoms with van der Waals surface area (Å²) in [4.78, 5) is 0. The maximum atomic E-state index is 5.39. The van der Waals surface area contributed by atoms with E-state index >= 15 is 0 Å².